The van der Waals surface area contributed by atoms with E-state index in [1.807, 2.05) is 24.3 Å². The van der Waals surface area contributed by atoms with E-state index >= 15 is 0 Å². The lowest BCUT2D eigenvalue weighted by Crippen LogP contribution is -2.16. The van der Waals surface area contributed by atoms with Crippen LogP contribution in [0.1, 0.15) is 48.8 Å². The van der Waals surface area contributed by atoms with E-state index in [1.165, 1.54) is 18.4 Å². The van der Waals surface area contributed by atoms with Crippen molar-refractivity contribution in [1.29, 1.82) is 0 Å². The molecule has 1 aromatic heterocycles. The number of unbranched alkanes of at least 4 members (excludes halogenated alkanes) is 3. The minimum atomic E-state index is -3.93. The Hall–Kier alpha value is -2.48. The number of hydrogen-bond acceptors (Lipinski definition) is 3. The molecule has 32 heavy (non-hydrogen) atoms. The molecule has 0 amide bonds. The zero-order valence-electron chi connectivity index (χ0n) is 18.3. The predicted octanol–water partition coefficient (Wildman–Crippen LogP) is 5.05. The number of pyridine rings is 1. The lowest BCUT2D eigenvalue weighted by molar-refractivity contribution is 0.371. The van der Waals surface area contributed by atoms with Crippen LogP contribution in [0.5, 0.6) is 0 Å². The van der Waals surface area contributed by atoms with Gasteiger partial charge in [0.05, 0.1) is 11.7 Å². The molecule has 3 N–H and O–H groups in total. The van der Waals surface area contributed by atoms with Crippen LogP contribution in [0.2, 0.25) is 0 Å². The summed E-state index contributed by atoms with van der Waals surface area (Å²) in [5.74, 6) is 6.64. The Kier molecular flexibility index (Phi) is 9.46. The van der Waals surface area contributed by atoms with Crippen LogP contribution >= 0.6 is 7.60 Å². The van der Waals surface area contributed by atoms with Crippen molar-refractivity contribution in [2.45, 2.75) is 45.1 Å². The van der Waals surface area contributed by atoms with Crippen molar-refractivity contribution in [3.8, 4) is 11.8 Å². The number of hydrogen-bond donors (Lipinski definition) is 3. The summed E-state index contributed by atoms with van der Waals surface area (Å²) in [5, 5.41) is 4.29. The summed E-state index contributed by atoms with van der Waals surface area (Å²) >= 11 is 0. The van der Waals surface area contributed by atoms with Crippen LogP contribution in [0.25, 0.3) is 10.9 Å². The van der Waals surface area contributed by atoms with E-state index in [0.717, 1.165) is 41.3 Å². The molecule has 3 rings (SSSR count). The monoisotopic (exact) mass is 450 g/mol. The Bertz CT molecular complexity index is 1100. The maximum atomic E-state index is 10.9. The van der Waals surface area contributed by atoms with E-state index in [-0.39, 0.29) is 6.16 Å². The topological polar surface area (TPSA) is 82.5 Å². The fourth-order valence-electron chi connectivity index (χ4n) is 3.64. The predicted molar refractivity (Wildman–Crippen MR) is 130 cm³/mol. The zero-order valence-corrected chi connectivity index (χ0v) is 19.2. The van der Waals surface area contributed by atoms with Gasteiger partial charge in [0, 0.05) is 30.1 Å². The maximum absolute atomic E-state index is 10.9. The number of fused-ring (bicyclic) bond motifs is 1. The van der Waals surface area contributed by atoms with E-state index in [9.17, 15) is 4.57 Å². The van der Waals surface area contributed by atoms with Gasteiger partial charge >= 0.3 is 7.60 Å². The molecule has 0 atom stereocenters. The highest BCUT2D eigenvalue weighted by atomic mass is 31.2. The molecule has 3 aromatic rings. The number of benzene rings is 2. The highest BCUT2D eigenvalue weighted by Gasteiger charge is 2.11. The molecule has 5 nitrogen and oxygen atoms in total. The van der Waals surface area contributed by atoms with E-state index < -0.39 is 7.60 Å². The van der Waals surface area contributed by atoms with Gasteiger partial charge in [-0.25, -0.2) is 0 Å². The lowest BCUT2D eigenvalue weighted by atomic mass is 10.0. The smallest absolute Gasteiger partial charge is 0.324 e. The van der Waals surface area contributed by atoms with Crippen LogP contribution in [0.3, 0.4) is 0 Å². The second-order valence-corrected chi connectivity index (χ2v) is 9.72. The minimum absolute atomic E-state index is 0.0974. The molecule has 0 aliphatic heterocycles. The fourth-order valence-corrected chi connectivity index (χ4v) is 4.21. The van der Waals surface area contributed by atoms with Crippen molar-refractivity contribution in [1.82, 2.24) is 10.3 Å². The average molecular weight is 451 g/mol. The van der Waals surface area contributed by atoms with E-state index in [2.05, 4.69) is 52.5 Å². The Morgan fingerprint density at radius 3 is 2.59 bits per heavy atom. The molecule has 0 aliphatic carbocycles. The molecule has 0 saturated heterocycles. The summed E-state index contributed by atoms with van der Waals surface area (Å²) in [4.78, 5) is 22.4. The fraction of sp³-hybridized carbons (Fsp3) is 0.346. The summed E-state index contributed by atoms with van der Waals surface area (Å²) in [7, 11) is -3.93. The molecular weight excluding hydrogens is 419 g/mol. The summed E-state index contributed by atoms with van der Waals surface area (Å²) in [6.07, 6.45) is 7.60. The Morgan fingerprint density at radius 1 is 0.938 bits per heavy atom. The van der Waals surface area contributed by atoms with Crippen molar-refractivity contribution in [2.75, 3.05) is 12.7 Å². The first-order valence-electron chi connectivity index (χ1n) is 11.2. The van der Waals surface area contributed by atoms with Crippen LogP contribution in [0.15, 0.2) is 60.8 Å². The third-order valence-electron chi connectivity index (χ3n) is 5.30. The van der Waals surface area contributed by atoms with E-state index in [1.54, 1.807) is 6.20 Å². The van der Waals surface area contributed by atoms with E-state index in [4.69, 9.17) is 9.79 Å². The van der Waals surface area contributed by atoms with Crippen LogP contribution in [0.4, 0.5) is 0 Å². The normalized spacial score (nSPS) is 11.3. The first kappa shape index (κ1) is 24.2. The minimum Gasteiger partial charge on any atom is -0.324 e. The first-order valence-corrected chi connectivity index (χ1v) is 13.0. The third kappa shape index (κ3) is 8.22. The van der Waals surface area contributed by atoms with Crippen molar-refractivity contribution < 1.29 is 14.4 Å². The van der Waals surface area contributed by atoms with Crippen molar-refractivity contribution in [2.24, 2.45) is 0 Å². The summed E-state index contributed by atoms with van der Waals surface area (Å²) in [6, 6.07) is 18.6. The van der Waals surface area contributed by atoms with Gasteiger partial charge in [0.25, 0.3) is 0 Å². The van der Waals surface area contributed by atoms with Gasteiger partial charge in [-0.3, -0.25) is 9.55 Å². The zero-order chi connectivity index (χ0) is 22.7. The molecular formula is C26H31N2O3P. The molecule has 0 unspecified atom stereocenters. The Labute approximate surface area is 190 Å². The molecule has 0 bridgehead atoms. The largest absolute Gasteiger partial charge is 0.325 e. The quantitative estimate of drug-likeness (QED) is 0.216. The first-order chi connectivity index (χ1) is 15.5. The highest BCUT2D eigenvalue weighted by Crippen LogP contribution is 2.34. The van der Waals surface area contributed by atoms with Gasteiger partial charge in [-0.15, -0.1) is 0 Å². The molecule has 2 aromatic carbocycles. The molecule has 0 fully saturated rings. The van der Waals surface area contributed by atoms with Crippen LogP contribution < -0.4 is 5.32 Å². The molecule has 0 aliphatic rings. The number of aryl methyl sites for hydroxylation is 1. The second-order valence-electron chi connectivity index (χ2n) is 7.94. The van der Waals surface area contributed by atoms with Gasteiger partial charge in [-0.05, 0) is 55.5 Å². The second kappa shape index (κ2) is 12.5. The van der Waals surface area contributed by atoms with Gasteiger partial charge in [0.2, 0.25) is 0 Å². The van der Waals surface area contributed by atoms with Gasteiger partial charge < -0.3 is 15.1 Å². The van der Waals surface area contributed by atoms with Gasteiger partial charge in [-0.1, -0.05) is 60.7 Å². The van der Waals surface area contributed by atoms with Crippen LogP contribution in [-0.2, 0) is 17.5 Å². The molecule has 0 saturated carbocycles. The molecule has 0 spiro atoms. The van der Waals surface area contributed by atoms with Crippen LogP contribution in [0, 0.1) is 11.8 Å². The summed E-state index contributed by atoms with van der Waals surface area (Å²) in [5.41, 5.74) is 4.37. The highest BCUT2D eigenvalue weighted by molar-refractivity contribution is 7.51. The Balaban J connectivity index is 1.50. The standard InChI is InChI=1S/C26H31N2O3P/c29-32(30,31)20-10-18-27-21-24-17-16-23(25-15-9-19-28-26(24)25)14-8-3-1-2-5-11-22-12-6-4-7-13-22/h4,6-7,9,12-13,15-17,19,27H,1-3,5,10-11,18,20-21H2,(H2,29,30,31). The molecule has 0 radical (unpaired) electrons. The summed E-state index contributed by atoms with van der Waals surface area (Å²) in [6.45, 7) is 1.15. The third-order valence-corrected chi connectivity index (χ3v) is 6.20. The number of rotatable bonds is 11. The summed E-state index contributed by atoms with van der Waals surface area (Å²) < 4.78 is 10.9. The van der Waals surface area contributed by atoms with Crippen LogP contribution in [-0.4, -0.2) is 27.5 Å². The number of nitrogens with one attached hydrogen (secondary N) is 1. The van der Waals surface area contributed by atoms with Crippen molar-refractivity contribution in [3.05, 3.63) is 77.5 Å². The SMILES string of the molecule is O=P(O)(O)CCCNCc1ccc(C#CCCCCCc2ccccc2)c2cccnc12. The van der Waals surface area contributed by atoms with Gasteiger partial charge in [-0.2, -0.15) is 0 Å². The van der Waals surface area contributed by atoms with Gasteiger partial charge in [0.15, 0.2) is 0 Å². The lowest BCUT2D eigenvalue weighted by Gasteiger charge is -2.09. The van der Waals surface area contributed by atoms with E-state index in [0.29, 0.717) is 19.5 Å². The average Bonchev–Trinajstić information content (AvgIpc) is 2.79. The van der Waals surface area contributed by atoms with Gasteiger partial charge in [0.1, 0.15) is 0 Å². The molecule has 1 heterocycles. The maximum Gasteiger partial charge on any atom is 0.325 e. The van der Waals surface area contributed by atoms with Crippen molar-refractivity contribution >= 4 is 18.5 Å². The van der Waals surface area contributed by atoms with Crippen molar-refractivity contribution in [3.63, 3.8) is 0 Å². The Morgan fingerprint density at radius 2 is 1.78 bits per heavy atom. The molecule has 6 heteroatoms. The number of aromatic nitrogens is 1. The number of nitrogens with zero attached hydrogens (tertiary/aromatic N) is 1. The molecule has 168 valence electrons.